The number of amides is 1. The fraction of sp³-hybridized carbons (Fsp3) is 0.400. The van der Waals surface area contributed by atoms with Crippen LogP contribution in [0.5, 0.6) is 0 Å². The molecule has 0 bridgehead atoms. The zero-order valence-corrected chi connectivity index (χ0v) is 15.5. The third kappa shape index (κ3) is 6.06. The standard InChI is InChI=1S/C20H23F3N2O2/c1-20(2,3)25-19(27)14-5-4-8-24-18(14)10-13(26)7-6-12-9-16(22)17(23)11-15(12)21/h4-5,8-9,11,13,26H,6-7,10H2,1-3H3,(H,25,27)/t13-/m0/s1. The van der Waals surface area contributed by atoms with Crippen molar-refractivity contribution in [3.8, 4) is 0 Å². The lowest BCUT2D eigenvalue weighted by atomic mass is 10.00. The van der Waals surface area contributed by atoms with Gasteiger partial charge in [0.05, 0.1) is 17.4 Å². The molecular formula is C20H23F3N2O2. The van der Waals surface area contributed by atoms with Gasteiger partial charge in [-0.1, -0.05) is 0 Å². The molecule has 0 unspecified atom stereocenters. The average Bonchev–Trinajstić information content (AvgIpc) is 2.56. The molecular weight excluding hydrogens is 357 g/mol. The SMILES string of the molecule is CC(C)(C)NC(=O)c1cccnc1C[C@@H](O)CCc1cc(F)c(F)cc1F. The summed E-state index contributed by atoms with van der Waals surface area (Å²) in [6.07, 6.45) is 0.817. The molecule has 0 spiro atoms. The van der Waals surface area contributed by atoms with Gasteiger partial charge in [0.1, 0.15) is 5.82 Å². The number of benzene rings is 1. The molecule has 2 N–H and O–H groups in total. The van der Waals surface area contributed by atoms with Gasteiger partial charge in [-0.05, 0) is 57.4 Å². The summed E-state index contributed by atoms with van der Waals surface area (Å²) < 4.78 is 39.9. The van der Waals surface area contributed by atoms with Gasteiger partial charge in [-0.25, -0.2) is 13.2 Å². The molecule has 146 valence electrons. The first-order chi connectivity index (χ1) is 12.6. The number of hydrogen-bond donors (Lipinski definition) is 2. The highest BCUT2D eigenvalue weighted by Crippen LogP contribution is 2.18. The maximum absolute atomic E-state index is 13.7. The largest absolute Gasteiger partial charge is 0.393 e. The summed E-state index contributed by atoms with van der Waals surface area (Å²) in [5.74, 6) is -3.54. The van der Waals surface area contributed by atoms with Crippen LogP contribution in [0.15, 0.2) is 30.5 Å². The van der Waals surface area contributed by atoms with Gasteiger partial charge in [-0.15, -0.1) is 0 Å². The number of aromatic nitrogens is 1. The fourth-order valence-corrected chi connectivity index (χ4v) is 2.62. The van der Waals surface area contributed by atoms with Crippen LogP contribution in [0.3, 0.4) is 0 Å². The van der Waals surface area contributed by atoms with Crippen LogP contribution in [0.4, 0.5) is 13.2 Å². The number of hydrogen-bond acceptors (Lipinski definition) is 3. The average molecular weight is 380 g/mol. The zero-order valence-electron chi connectivity index (χ0n) is 15.5. The molecule has 4 nitrogen and oxygen atoms in total. The van der Waals surface area contributed by atoms with Crippen molar-refractivity contribution in [3.63, 3.8) is 0 Å². The molecule has 0 radical (unpaired) electrons. The van der Waals surface area contributed by atoms with E-state index in [-0.39, 0.29) is 30.7 Å². The first-order valence-electron chi connectivity index (χ1n) is 8.64. The summed E-state index contributed by atoms with van der Waals surface area (Å²) in [6.45, 7) is 5.56. The van der Waals surface area contributed by atoms with Crippen molar-refractivity contribution in [2.75, 3.05) is 0 Å². The zero-order chi connectivity index (χ0) is 20.2. The number of nitrogens with zero attached hydrogens (tertiary/aromatic N) is 1. The Labute approximate surface area is 156 Å². The third-order valence-electron chi connectivity index (χ3n) is 3.89. The van der Waals surface area contributed by atoms with Crippen molar-refractivity contribution in [1.29, 1.82) is 0 Å². The molecule has 0 aliphatic heterocycles. The quantitative estimate of drug-likeness (QED) is 0.754. The Morgan fingerprint density at radius 2 is 1.85 bits per heavy atom. The first-order valence-corrected chi connectivity index (χ1v) is 8.64. The lowest BCUT2D eigenvalue weighted by Gasteiger charge is -2.21. The molecule has 1 aromatic heterocycles. The first kappa shape index (κ1) is 20.9. The number of halogens is 3. The van der Waals surface area contributed by atoms with Gasteiger partial charge in [0.25, 0.3) is 5.91 Å². The van der Waals surface area contributed by atoms with Crippen molar-refractivity contribution in [2.24, 2.45) is 0 Å². The predicted octanol–water partition coefficient (Wildman–Crippen LogP) is 3.56. The lowest BCUT2D eigenvalue weighted by Crippen LogP contribution is -2.41. The molecule has 2 rings (SSSR count). The highest BCUT2D eigenvalue weighted by atomic mass is 19.2. The minimum atomic E-state index is -1.25. The number of aliphatic hydroxyl groups excluding tert-OH is 1. The second kappa shape index (κ2) is 8.52. The minimum absolute atomic E-state index is 0.0142. The molecule has 1 amide bonds. The van der Waals surface area contributed by atoms with Crippen LogP contribution >= 0.6 is 0 Å². The summed E-state index contributed by atoms with van der Waals surface area (Å²) in [5.41, 5.74) is 0.329. The number of aliphatic hydroxyl groups is 1. The van der Waals surface area contributed by atoms with E-state index in [0.717, 1.165) is 6.07 Å². The topological polar surface area (TPSA) is 62.2 Å². The number of carbonyl (C=O) groups is 1. The molecule has 7 heteroatoms. The van der Waals surface area contributed by atoms with Crippen LogP contribution in [0.25, 0.3) is 0 Å². The van der Waals surface area contributed by atoms with E-state index < -0.39 is 29.1 Å². The molecule has 2 aromatic rings. The lowest BCUT2D eigenvalue weighted by molar-refractivity contribution is 0.0917. The Kier molecular flexibility index (Phi) is 6.59. The van der Waals surface area contributed by atoms with E-state index in [1.807, 2.05) is 20.8 Å². The van der Waals surface area contributed by atoms with Crippen molar-refractivity contribution in [1.82, 2.24) is 10.3 Å². The second-order valence-corrected chi connectivity index (χ2v) is 7.46. The van der Waals surface area contributed by atoms with Crippen LogP contribution in [0.2, 0.25) is 0 Å². The van der Waals surface area contributed by atoms with E-state index in [0.29, 0.717) is 17.3 Å². The van der Waals surface area contributed by atoms with Crippen LogP contribution in [-0.2, 0) is 12.8 Å². The fourth-order valence-electron chi connectivity index (χ4n) is 2.62. The second-order valence-electron chi connectivity index (χ2n) is 7.46. The van der Waals surface area contributed by atoms with E-state index >= 15 is 0 Å². The third-order valence-corrected chi connectivity index (χ3v) is 3.89. The van der Waals surface area contributed by atoms with Gasteiger partial charge >= 0.3 is 0 Å². The van der Waals surface area contributed by atoms with Crippen molar-refractivity contribution < 1.29 is 23.1 Å². The number of rotatable bonds is 6. The van der Waals surface area contributed by atoms with Gasteiger partial charge in [0.2, 0.25) is 0 Å². The predicted molar refractivity (Wildman–Crippen MR) is 95.8 cm³/mol. The van der Waals surface area contributed by atoms with E-state index in [1.165, 1.54) is 6.20 Å². The smallest absolute Gasteiger partial charge is 0.253 e. The van der Waals surface area contributed by atoms with Crippen LogP contribution < -0.4 is 5.32 Å². The van der Waals surface area contributed by atoms with Crippen LogP contribution in [0, 0.1) is 17.5 Å². The Hall–Kier alpha value is -2.41. The normalized spacial score (nSPS) is 12.7. The Bertz CT molecular complexity index is 819. The van der Waals surface area contributed by atoms with Gasteiger partial charge in [-0.3, -0.25) is 9.78 Å². The number of aryl methyl sites for hydroxylation is 1. The van der Waals surface area contributed by atoms with Crippen LogP contribution in [0.1, 0.15) is 48.8 Å². The van der Waals surface area contributed by atoms with Crippen molar-refractivity contribution >= 4 is 5.91 Å². The molecule has 0 saturated carbocycles. The van der Waals surface area contributed by atoms with Gasteiger partial charge in [0, 0.05) is 24.2 Å². The maximum atomic E-state index is 13.7. The van der Waals surface area contributed by atoms with E-state index in [4.69, 9.17) is 0 Å². The number of pyridine rings is 1. The highest BCUT2D eigenvalue weighted by Gasteiger charge is 2.20. The molecule has 1 heterocycles. The summed E-state index contributed by atoms with van der Waals surface area (Å²) in [7, 11) is 0. The number of nitrogens with one attached hydrogen (secondary N) is 1. The van der Waals surface area contributed by atoms with Crippen LogP contribution in [-0.4, -0.2) is 27.6 Å². The highest BCUT2D eigenvalue weighted by molar-refractivity contribution is 5.95. The minimum Gasteiger partial charge on any atom is -0.393 e. The van der Waals surface area contributed by atoms with Gasteiger partial charge in [-0.2, -0.15) is 0 Å². The Balaban J connectivity index is 2.05. The Morgan fingerprint density at radius 3 is 2.52 bits per heavy atom. The Morgan fingerprint density at radius 1 is 1.19 bits per heavy atom. The molecule has 27 heavy (non-hydrogen) atoms. The van der Waals surface area contributed by atoms with Gasteiger partial charge < -0.3 is 10.4 Å². The van der Waals surface area contributed by atoms with Crippen molar-refractivity contribution in [2.45, 2.75) is 51.7 Å². The molecule has 1 aromatic carbocycles. The summed E-state index contributed by atoms with van der Waals surface area (Å²) in [6, 6.07) is 4.53. The maximum Gasteiger partial charge on any atom is 0.253 e. The van der Waals surface area contributed by atoms with E-state index in [1.54, 1.807) is 12.1 Å². The molecule has 0 saturated heterocycles. The summed E-state index contributed by atoms with van der Waals surface area (Å²) >= 11 is 0. The summed E-state index contributed by atoms with van der Waals surface area (Å²) in [4.78, 5) is 16.6. The molecule has 0 aliphatic carbocycles. The van der Waals surface area contributed by atoms with Crippen molar-refractivity contribution in [3.05, 3.63) is 64.7 Å². The molecule has 0 aliphatic rings. The van der Waals surface area contributed by atoms with Gasteiger partial charge in [0.15, 0.2) is 11.6 Å². The van der Waals surface area contributed by atoms with E-state index in [9.17, 15) is 23.1 Å². The van der Waals surface area contributed by atoms with E-state index in [2.05, 4.69) is 10.3 Å². The monoisotopic (exact) mass is 380 g/mol. The molecule has 0 fully saturated rings. The molecule has 1 atom stereocenters. The number of carbonyl (C=O) groups excluding carboxylic acids is 1. The summed E-state index contributed by atoms with van der Waals surface area (Å²) in [5, 5.41) is 13.1.